The van der Waals surface area contributed by atoms with Crippen LogP contribution in [0.15, 0.2) is 30.3 Å². The number of rotatable bonds is 5. The first kappa shape index (κ1) is 15.4. The molecular weight excluding hydrogens is 284 g/mol. The largest absolute Gasteiger partial charge is 0.486 e. The highest BCUT2D eigenvalue weighted by molar-refractivity contribution is 5.30. The van der Waals surface area contributed by atoms with Gasteiger partial charge in [-0.2, -0.15) is 0 Å². The van der Waals surface area contributed by atoms with E-state index in [-0.39, 0.29) is 17.9 Å². The second-order valence-electron chi connectivity index (χ2n) is 4.68. The Morgan fingerprint density at radius 2 is 1.48 bits per heavy atom. The summed E-state index contributed by atoms with van der Waals surface area (Å²) >= 11 is 0. The van der Waals surface area contributed by atoms with Crippen LogP contribution in [0.25, 0.3) is 0 Å². The summed E-state index contributed by atoms with van der Waals surface area (Å²) in [4.78, 5) is 0. The number of hydrogen-bond donors (Lipinski definition) is 0. The summed E-state index contributed by atoms with van der Waals surface area (Å²) in [5.41, 5.74) is 0.935. The number of hydrogen-bond acceptors (Lipinski definition) is 1. The molecule has 0 atom stereocenters. The highest BCUT2D eigenvalue weighted by Crippen LogP contribution is 2.21. The molecular formula is C16H14F4O. The predicted molar refractivity (Wildman–Crippen MR) is 71.0 cm³/mol. The maximum atomic E-state index is 13.8. The van der Waals surface area contributed by atoms with E-state index in [4.69, 9.17) is 4.74 Å². The van der Waals surface area contributed by atoms with Gasteiger partial charge in [-0.05, 0) is 41.8 Å². The zero-order chi connectivity index (χ0) is 15.4. The van der Waals surface area contributed by atoms with E-state index < -0.39 is 23.3 Å². The average Bonchev–Trinajstić information content (AvgIpc) is 2.44. The van der Waals surface area contributed by atoms with Crippen LogP contribution in [0.2, 0.25) is 0 Å². The van der Waals surface area contributed by atoms with E-state index >= 15 is 0 Å². The first-order valence-corrected chi connectivity index (χ1v) is 6.56. The van der Waals surface area contributed by atoms with Gasteiger partial charge in [0.1, 0.15) is 6.61 Å². The van der Waals surface area contributed by atoms with Gasteiger partial charge in [-0.15, -0.1) is 0 Å². The van der Waals surface area contributed by atoms with Gasteiger partial charge in [0.15, 0.2) is 29.0 Å². The fraction of sp³-hybridized carbons (Fsp3) is 0.250. The monoisotopic (exact) mass is 298 g/mol. The number of ether oxygens (including phenoxy) is 1. The van der Waals surface area contributed by atoms with E-state index in [1.54, 1.807) is 6.07 Å². The fourth-order valence-electron chi connectivity index (χ4n) is 1.96. The van der Waals surface area contributed by atoms with Crippen LogP contribution in [0.4, 0.5) is 17.6 Å². The Morgan fingerprint density at radius 1 is 0.857 bits per heavy atom. The lowest BCUT2D eigenvalue weighted by molar-refractivity contribution is 0.288. The van der Waals surface area contributed by atoms with Crippen LogP contribution in [-0.4, -0.2) is 0 Å². The van der Waals surface area contributed by atoms with E-state index in [1.165, 1.54) is 12.1 Å². The average molecular weight is 298 g/mol. The molecule has 0 heterocycles. The van der Waals surface area contributed by atoms with Gasteiger partial charge in [0.25, 0.3) is 0 Å². The van der Waals surface area contributed by atoms with Crippen LogP contribution in [-0.2, 0) is 13.0 Å². The van der Waals surface area contributed by atoms with Gasteiger partial charge in [0, 0.05) is 0 Å². The van der Waals surface area contributed by atoms with Crippen LogP contribution in [0, 0.1) is 23.3 Å². The lowest BCUT2D eigenvalue weighted by Crippen LogP contribution is -2.01. The summed E-state index contributed by atoms with van der Waals surface area (Å²) in [6.45, 7) is 1.73. The van der Waals surface area contributed by atoms with Gasteiger partial charge in [0.05, 0.1) is 0 Å². The molecule has 0 saturated carbocycles. The molecule has 0 aliphatic carbocycles. The molecule has 1 nitrogen and oxygen atoms in total. The smallest absolute Gasteiger partial charge is 0.194 e. The molecule has 0 spiro atoms. The second kappa shape index (κ2) is 6.61. The summed E-state index contributed by atoms with van der Waals surface area (Å²) < 4.78 is 57.8. The molecule has 21 heavy (non-hydrogen) atoms. The molecule has 2 rings (SSSR count). The van der Waals surface area contributed by atoms with Crippen LogP contribution in [0.5, 0.6) is 5.75 Å². The van der Waals surface area contributed by atoms with Crippen LogP contribution in [0.3, 0.4) is 0 Å². The highest BCUT2D eigenvalue weighted by Gasteiger charge is 2.11. The van der Waals surface area contributed by atoms with Crippen molar-refractivity contribution < 1.29 is 22.3 Å². The normalized spacial score (nSPS) is 10.7. The fourth-order valence-corrected chi connectivity index (χ4v) is 1.96. The molecule has 0 fully saturated rings. The van der Waals surface area contributed by atoms with Crippen molar-refractivity contribution in [2.24, 2.45) is 0 Å². The number of aryl methyl sites for hydroxylation is 1. The molecule has 0 N–H and O–H groups in total. The molecule has 0 bridgehead atoms. The molecule has 0 aliphatic heterocycles. The van der Waals surface area contributed by atoms with Crippen molar-refractivity contribution in [3.63, 3.8) is 0 Å². The van der Waals surface area contributed by atoms with Crippen molar-refractivity contribution in [2.75, 3.05) is 0 Å². The summed E-state index contributed by atoms with van der Waals surface area (Å²) in [7, 11) is 0. The highest BCUT2D eigenvalue weighted by atomic mass is 19.2. The van der Waals surface area contributed by atoms with Crippen molar-refractivity contribution in [1.29, 1.82) is 0 Å². The van der Waals surface area contributed by atoms with Crippen molar-refractivity contribution in [3.05, 3.63) is 64.7 Å². The van der Waals surface area contributed by atoms with Crippen LogP contribution < -0.4 is 4.74 Å². The minimum absolute atomic E-state index is 0.0139. The Labute approximate surface area is 120 Å². The SMILES string of the molecule is CCCc1ccc(OCc2cc(F)c(F)c(F)c2)c(F)c1. The summed E-state index contributed by atoms with van der Waals surface area (Å²) in [6, 6.07) is 6.21. The molecule has 112 valence electrons. The molecule has 0 aliphatic rings. The van der Waals surface area contributed by atoms with Crippen molar-refractivity contribution in [2.45, 2.75) is 26.4 Å². The Bertz CT molecular complexity index is 617. The Balaban J connectivity index is 2.09. The Hall–Kier alpha value is -2.04. The van der Waals surface area contributed by atoms with Crippen molar-refractivity contribution in [1.82, 2.24) is 0 Å². The van der Waals surface area contributed by atoms with Gasteiger partial charge < -0.3 is 4.74 Å². The molecule has 0 saturated heterocycles. The second-order valence-corrected chi connectivity index (χ2v) is 4.68. The quantitative estimate of drug-likeness (QED) is 0.570. The lowest BCUT2D eigenvalue weighted by atomic mass is 10.1. The Kier molecular flexibility index (Phi) is 4.83. The third-order valence-corrected chi connectivity index (χ3v) is 2.97. The molecule has 0 aromatic heterocycles. The van der Waals surface area contributed by atoms with Crippen LogP contribution >= 0.6 is 0 Å². The van der Waals surface area contributed by atoms with E-state index in [0.717, 1.165) is 30.5 Å². The van der Waals surface area contributed by atoms with Gasteiger partial charge in [-0.25, -0.2) is 17.6 Å². The number of halogens is 4. The third-order valence-electron chi connectivity index (χ3n) is 2.97. The zero-order valence-corrected chi connectivity index (χ0v) is 11.4. The summed E-state index contributed by atoms with van der Waals surface area (Å²) in [5, 5.41) is 0. The number of benzene rings is 2. The topological polar surface area (TPSA) is 9.23 Å². The molecule has 5 heteroatoms. The van der Waals surface area contributed by atoms with Gasteiger partial charge in [-0.3, -0.25) is 0 Å². The maximum Gasteiger partial charge on any atom is 0.194 e. The third kappa shape index (κ3) is 3.74. The van der Waals surface area contributed by atoms with E-state index in [1.807, 2.05) is 6.92 Å². The maximum absolute atomic E-state index is 13.8. The Morgan fingerprint density at radius 3 is 2.05 bits per heavy atom. The van der Waals surface area contributed by atoms with Crippen LogP contribution in [0.1, 0.15) is 24.5 Å². The summed E-state index contributed by atoms with van der Waals surface area (Å²) in [5.74, 6) is -4.68. The van der Waals surface area contributed by atoms with Gasteiger partial charge >= 0.3 is 0 Å². The van der Waals surface area contributed by atoms with Crippen molar-refractivity contribution >= 4 is 0 Å². The first-order valence-electron chi connectivity index (χ1n) is 6.56. The molecule has 0 unspecified atom stereocenters. The van der Waals surface area contributed by atoms with Gasteiger partial charge in [-0.1, -0.05) is 19.4 Å². The zero-order valence-electron chi connectivity index (χ0n) is 11.4. The standard InChI is InChI=1S/C16H14F4O/c1-2-3-10-4-5-15(12(17)6-10)21-9-11-7-13(18)16(20)14(19)8-11/h4-8H,2-3,9H2,1H3. The molecule has 0 radical (unpaired) electrons. The first-order chi connectivity index (χ1) is 10.0. The minimum atomic E-state index is -1.53. The molecule has 0 amide bonds. The van der Waals surface area contributed by atoms with Crippen molar-refractivity contribution in [3.8, 4) is 5.75 Å². The minimum Gasteiger partial charge on any atom is -0.486 e. The van der Waals surface area contributed by atoms with E-state index in [2.05, 4.69) is 0 Å². The lowest BCUT2D eigenvalue weighted by Gasteiger charge is -2.09. The molecule has 2 aromatic carbocycles. The van der Waals surface area contributed by atoms with E-state index in [9.17, 15) is 17.6 Å². The predicted octanol–water partition coefficient (Wildman–Crippen LogP) is 4.77. The van der Waals surface area contributed by atoms with Gasteiger partial charge in [0.2, 0.25) is 0 Å². The summed E-state index contributed by atoms with van der Waals surface area (Å²) in [6.07, 6.45) is 1.65. The van der Waals surface area contributed by atoms with E-state index in [0.29, 0.717) is 0 Å². The molecule has 2 aromatic rings.